The molecule has 0 aliphatic heterocycles. The Balaban J connectivity index is 2.69. The minimum absolute atomic E-state index is 0.00599. The molecule has 0 saturated carbocycles. The zero-order valence-electron chi connectivity index (χ0n) is 8.59. The molecule has 0 heterocycles. The van der Waals surface area contributed by atoms with Crippen LogP contribution in [0.3, 0.4) is 0 Å². The number of hydrogen-bond acceptors (Lipinski definition) is 5. The van der Waals surface area contributed by atoms with E-state index in [1.54, 1.807) is 0 Å². The minimum atomic E-state index is -4.07. The Morgan fingerprint density at radius 3 is 2.47 bits per heavy atom. The third kappa shape index (κ3) is 4.63. The van der Waals surface area contributed by atoms with E-state index >= 15 is 0 Å². The van der Waals surface area contributed by atoms with Crippen LogP contribution in [0.1, 0.15) is 0 Å². The van der Waals surface area contributed by atoms with Crippen LogP contribution in [0.5, 0.6) is 5.75 Å². The van der Waals surface area contributed by atoms with Crippen LogP contribution < -0.4 is 14.1 Å². The number of hydrogen-bond donors (Lipinski definition) is 3. The smallest absolute Gasteiger partial charge is 0.382 e. The lowest BCUT2D eigenvalue weighted by Crippen LogP contribution is -2.99. The van der Waals surface area contributed by atoms with Crippen molar-refractivity contribution in [2.45, 2.75) is 0 Å². The third-order valence-corrected chi connectivity index (χ3v) is 2.65. The fraction of sp³-hybridized carbons (Fsp3) is 0.250. The van der Waals surface area contributed by atoms with Crippen LogP contribution in [0.2, 0.25) is 0 Å². The van der Waals surface area contributed by atoms with Crippen molar-refractivity contribution in [3.05, 3.63) is 29.5 Å². The molecule has 1 aromatic rings. The highest BCUT2D eigenvalue weighted by Crippen LogP contribution is 2.14. The van der Waals surface area contributed by atoms with E-state index < -0.39 is 22.2 Å². The summed E-state index contributed by atoms with van der Waals surface area (Å²) in [6.07, 6.45) is 0. The van der Waals surface area contributed by atoms with Gasteiger partial charge in [0.2, 0.25) is 0 Å². The molecular weight excluding hydrogens is 255 g/mol. The fourth-order valence-corrected chi connectivity index (χ4v) is 1.72. The molecule has 96 valence electrons. The van der Waals surface area contributed by atoms with Crippen molar-refractivity contribution in [1.82, 2.24) is 4.72 Å². The van der Waals surface area contributed by atoms with Crippen molar-refractivity contribution in [2.75, 3.05) is 13.2 Å². The largest absolute Gasteiger partial charge is 0.595 e. The third-order valence-electron chi connectivity index (χ3n) is 1.68. The standard InChI is InChI=1S/C8H11FN2O5S/c9-5-6-10-17(14,15)16-8-3-1-7(2-4-8)11(12)13/h1-4,10-12H,5-6H2. The lowest BCUT2D eigenvalue weighted by atomic mass is 10.3. The summed E-state index contributed by atoms with van der Waals surface area (Å²) in [4.78, 5) is 0. The summed E-state index contributed by atoms with van der Waals surface area (Å²) in [5.41, 5.74) is 0.00599. The maximum atomic E-state index is 11.8. The Morgan fingerprint density at radius 2 is 2.00 bits per heavy atom. The monoisotopic (exact) mass is 266 g/mol. The molecule has 17 heavy (non-hydrogen) atoms. The zero-order valence-corrected chi connectivity index (χ0v) is 9.41. The van der Waals surface area contributed by atoms with E-state index in [0.29, 0.717) is 0 Å². The van der Waals surface area contributed by atoms with Crippen molar-refractivity contribution >= 4 is 16.0 Å². The van der Waals surface area contributed by atoms with Gasteiger partial charge in [-0.25, -0.2) is 9.60 Å². The Morgan fingerprint density at radius 1 is 1.41 bits per heavy atom. The number of rotatable bonds is 6. The summed E-state index contributed by atoms with van der Waals surface area (Å²) in [6.45, 7) is -1.23. The molecule has 1 aromatic carbocycles. The predicted molar refractivity (Wildman–Crippen MR) is 55.7 cm³/mol. The molecule has 0 saturated heterocycles. The lowest BCUT2D eigenvalue weighted by Gasteiger charge is -2.12. The van der Waals surface area contributed by atoms with Gasteiger partial charge in [0.1, 0.15) is 12.4 Å². The van der Waals surface area contributed by atoms with Crippen LogP contribution in [-0.4, -0.2) is 26.8 Å². The molecule has 1 rings (SSSR count). The van der Waals surface area contributed by atoms with E-state index in [1.165, 1.54) is 24.3 Å². The summed E-state index contributed by atoms with van der Waals surface area (Å²) >= 11 is 0. The van der Waals surface area contributed by atoms with Crippen LogP contribution in [0.15, 0.2) is 24.3 Å². The number of alkyl halides is 1. The molecule has 3 N–H and O–H groups in total. The fourth-order valence-electron chi connectivity index (χ4n) is 0.973. The van der Waals surface area contributed by atoms with Gasteiger partial charge in [0.05, 0.1) is 0 Å². The molecule has 9 heteroatoms. The van der Waals surface area contributed by atoms with Crippen LogP contribution in [0, 0.1) is 5.21 Å². The predicted octanol–water partition coefficient (Wildman–Crippen LogP) is -0.727. The first-order valence-electron chi connectivity index (χ1n) is 4.53. The van der Waals surface area contributed by atoms with Gasteiger partial charge in [0, 0.05) is 18.7 Å². The van der Waals surface area contributed by atoms with Crippen LogP contribution in [-0.2, 0) is 10.3 Å². The van der Waals surface area contributed by atoms with Crippen molar-refractivity contribution in [2.24, 2.45) is 0 Å². The SMILES string of the molecule is O=S(=O)(NCCF)Oc1ccc([NH+]([O-])O)cc1. The Hall–Kier alpha value is -1.26. The van der Waals surface area contributed by atoms with Gasteiger partial charge in [-0.1, -0.05) is 0 Å². The second-order valence-electron chi connectivity index (χ2n) is 2.95. The topological polar surface area (TPSA) is 103 Å². The van der Waals surface area contributed by atoms with Gasteiger partial charge in [-0.2, -0.15) is 18.4 Å². The maximum Gasteiger partial charge on any atom is 0.382 e. The van der Waals surface area contributed by atoms with Crippen LogP contribution >= 0.6 is 0 Å². The zero-order chi connectivity index (χ0) is 12.9. The second-order valence-corrected chi connectivity index (χ2v) is 4.31. The summed E-state index contributed by atoms with van der Waals surface area (Å²) in [5, 5.41) is 18.0. The molecule has 0 aliphatic rings. The number of nitrogens with one attached hydrogen (secondary N) is 2. The molecule has 0 aromatic heterocycles. The summed E-state index contributed by atoms with van der Waals surface area (Å²) in [5.74, 6) is -0.0543. The Labute approximate surface area is 97.2 Å². The van der Waals surface area contributed by atoms with Gasteiger partial charge in [-0.05, 0) is 12.1 Å². The van der Waals surface area contributed by atoms with Gasteiger partial charge >= 0.3 is 10.3 Å². The van der Waals surface area contributed by atoms with Crippen molar-refractivity contribution in [3.8, 4) is 5.75 Å². The highest BCUT2D eigenvalue weighted by atomic mass is 32.2. The van der Waals surface area contributed by atoms with Crippen molar-refractivity contribution in [3.63, 3.8) is 0 Å². The summed E-state index contributed by atoms with van der Waals surface area (Å²) in [6, 6.07) is 4.78. The van der Waals surface area contributed by atoms with Crippen molar-refractivity contribution < 1.29 is 27.4 Å². The highest BCUT2D eigenvalue weighted by molar-refractivity contribution is 7.85. The van der Waals surface area contributed by atoms with E-state index in [-0.39, 0.29) is 18.0 Å². The normalized spacial score (nSPS) is 13.4. The molecule has 7 nitrogen and oxygen atoms in total. The van der Waals surface area contributed by atoms with Crippen LogP contribution in [0.25, 0.3) is 0 Å². The molecule has 0 spiro atoms. The highest BCUT2D eigenvalue weighted by Gasteiger charge is 2.11. The molecule has 0 radical (unpaired) electrons. The first-order chi connectivity index (χ1) is 7.94. The molecule has 0 fully saturated rings. The van der Waals surface area contributed by atoms with Crippen molar-refractivity contribution in [1.29, 1.82) is 0 Å². The average Bonchev–Trinajstić information content (AvgIpc) is 2.26. The first-order valence-corrected chi connectivity index (χ1v) is 5.94. The molecule has 1 atom stereocenters. The van der Waals surface area contributed by atoms with Gasteiger partial charge in [0.25, 0.3) is 0 Å². The van der Waals surface area contributed by atoms with Gasteiger partial charge in [-0.3, -0.25) is 0 Å². The van der Waals surface area contributed by atoms with E-state index in [2.05, 4.69) is 4.18 Å². The molecular formula is C8H11FN2O5S. The molecule has 0 aliphatic carbocycles. The van der Waals surface area contributed by atoms with E-state index in [0.717, 1.165) is 0 Å². The van der Waals surface area contributed by atoms with Gasteiger partial charge < -0.3 is 9.39 Å². The van der Waals surface area contributed by atoms with E-state index in [9.17, 15) is 18.0 Å². The maximum absolute atomic E-state index is 11.8. The Bertz CT molecular complexity index is 447. The van der Waals surface area contributed by atoms with E-state index in [1.807, 2.05) is 4.72 Å². The van der Waals surface area contributed by atoms with E-state index in [4.69, 9.17) is 5.21 Å². The van der Waals surface area contributed by atoms with Gasteiger partial charge in [0.15, 0.2) is 5.69 Å². The lowest BCUT2D eigenvalue weighted by molar-refractivity contribution is -0.991. The number of benzene rings is 1. The molecule has 0 bridgehead atoms. The minimum Gasteiger partial charge on any atom is -0.595 e. The number of halogens is 1. The van der Waals surface area contributed by atoms with Gasteiger partial charge in [-0.15, -0.1) is 0 Å². The average molecular weight is 266 g/mol. The number of quaternary nitrogens is 1. The summed E-state index contributed by atoms with van der Waals surface area (Å²) in [7, 11) is -4.07. The second kappa shape index (κ2) is 5.89. The van der Waals surface area contributed by atoms with Crippen LogP contribution in [0.4, 0.5) is 10.1 Å². The molecule has 0 amide bonds. The first kappa shape index (κ1) is 13.8. The Kier molecular flexibility index (Phi) is 4.78. The quantitative estimate of drug-likeness (QED) is 0.589. The summed E-state index contributed by atoms with van der Waals surface area (Å²) < 4.78 is 40.5. The molecule has 1 unspecified atom stereocenters.